The average molecular weight is 268 g/mol. The maximum atomic E-state index is 11.7. The second kappa shape index (κ2) is 7.76. The molecule has 3 N–H and O–H groups in total. The number of halogens is 1. The lowest BCUT2D eigenvalue weighted by Gasteiger charge is -2.33. The number of primary amides is 1. The predicted molar refractivity (Wildman–Crippen MR) is 67.8 cm³/mol. The van der Waals surface area contributed by atoms with Crippen LogP contribution in [-0.2, 0) is 9.59 Å². The van der Waals surface area contributed by atoms with Crippen molar-refractivity contribution >= 4 is 36.0 Å². The summed E-state index contributed by atoms with van der Waals surface area (Å²) in [5.41, 5.74) is 4.99. The number of carbonyl (C=O) groups excluding carboxylic acids is 2. The van der Waals surface area contributed by atoms with Gasteiger partial charge < -0.3 is 16.0 Å². The van der Waals surface area contributed by atoms with Crippen LogP contribution in [0, 0.1) is 0 Å². The van der Waals surface area contributed by atoms with Crippen LogP contribution >= 0.6 is 24.2 Å². The first-order valence-electron chi connectivity index (χ1n) is 4.97. The molecule has 1 heterocycles. The number of piperazine rings is 1. The van der Waals surface area contributed by atoms with Crippen molar-refractivity contribution in [3.63, 3.8) is 0 Å². The average Bonchev–Trinajstić information content (AvgIpc) is 2.17. The molecule has 1 aliphatic heterocycles. The SMILES string of the molecule is C[C@H]1CNCCN1C(=O)CSCC(N)=O.Cl. The molecule has 1 aliphatic rings. The second-order valence-corrected chi connectivity index (χ2v) is 4.58. The zero-order valence-electron chi connectivity index (χ0n) is 9.27. The lowest BCUT2D eigenvalue weighted by molar-refractivity contribution is -0.131. The van der Waals surface area contributed by atoms with Gasteiger partial charge in [0.15, 0.2) is 0 Å². The van der Waals surface area contributed by atoms with E-state index >= 15 is 0 Å². The zero-order valence-corrected chi connectivity index (χ0v) is 10.9. The Hall–Kier alpha value is -0.460. The van der Waals surface area contributed by atoms with Gasteiger partial charge in [0.2, 0.25) is 11.8 Å². The van der Waals surface area contributed by atoms with E-state index in [0.717, 1.165) is 19.6 Å². The van der Waals surface area contributed by atoms with Crippen molar-refractivity contribution in [3.8, 4) is 0 Å². The van der Waals surface area contributed by atoms with Gasteiger partial charge in [0.05, 0.1) is 11.5 Å². The Balaban J connectivity index is 0.00000225. The van der Waals surface area contributed by atoms with Gasteiger partial charge in [-0.25, -0.2) is 0 Å². The largest absolute Gasteiger partial charge is 0.369 e. The highest BCUT2D eigenvalue weighted by Gasteiger charge is 2.22. The molecule has 0 aromatic carbocycles. The molecule has 0 saturated carbocycles. The van der Waals surface area contributed by atoms with Crippen LogP contribution in [0.25, 0.3) is 0 Å². The molecule has 0 spiro atoms. The molecule has 0 unspecified atom stereocenters. The zero-order chi connectivity index (χ0) is 11.3. The molecule has 1 fully saturated rings. The molecule has 0 aromatic rings. The van der Waals surface area contributed by atoms with Gasteiger partial charge in [0, 0.05) is 25.7 Å². The van der Waals surface area contributed by atoms with Gasteiger partial charge in [-0.2, -0.15) is 0 Å². The maximum absolute atomic E-state index is 11.7. The number of amides is 2. The van der Waals surface area contributed by atoms with Gasteiger partial charge in [-0.15, -0.1) is 24.2 Å². The molecule has 0 radical (unpaired) electrons. The fraction of sp³-hybridized carbons (Fsp3) is 0.778. The highest BCUT2D eigenvalue weighted by molar-refractivity contribution is 8.00. The van der Waals surface area contributed by atoms with Crippen molar-refractivity contribution in [2.75, 3.05) is 31.1 Å². The smallest absolute Gasteiger partial charge is 0.232 e. The van der Waals surface area contributed by atoms with E-state index in [1.54, 1.807) is 0 Å². The number of nitrogens with one attached hydrogen (secondary N) is 1. The molecule has 5 nitrogen and oxygen atoms in total. The highest BCUT2D eigenvalue weighted by atomic mass is 35.5. The van der Waals surface area contributed by atoms with Crippen LogP contribution in [0.3, 0.4) is 0 Å². The van der Waals surface area contributed by atoms with Gasteiger partial charge in [0.1, 0.15) is 0 Å². The minimum atomic E-state index is -0.374. The van der Waals surface area contributed by atoms with Gasteiger partial charge in [-0.3, -0.25) is 9.59 Å². The first-order chi connectivity index (χ1) is 7.11. The Bertz CT molecular complexity index is 253. The second-order valence-electron chi connectivity index (χ2n) is 3.60. The Kier molecular flexibility index (Phi) is 7.53. The monoisotopic (exact) mass is 267 g/mol. The molecule has 94 valence electrons. The van der Waals surface area contributed by atoms with E-state index in [1.165, 1.54) is 11.8 Å². The lowest BCUT2D eigenvalue weighted by Crippen LogP contribution is -2.52. The Morgan fingerprint density at radius 2 is 2.19 bits per heavy atom. The summed E-state index contributed by atoms with van der Waals surface area (Å²) < 4.78 is 0. The number of hydrogen-bond acceptors (Lipinski definition) is 4. The third-order valence-electron chi connectivity index (χ3n) is 2.29. The molecule has 0 aliphatic carbocycles. The molecule has 0 bridgehead atoms. The molecule has 2 amide bonds. The van der Waals surface area contributed by atoms with Crippen molar-refractivity contribution in [2.45, 2.75) is 13.0 Å². The summed E-state index contributed by atoms with van der Waals surface area (Å²) in [5, 5.41) is 3.22. The number of rotatable bonds is 4. The van der Waals surface area contributed by atoms with Crippen LogP contribution in [-0.4, -0.2) is 53.9 Å². The summed E-state index contributed by atoms with van der Waals surface area (Å²) in [5.74, 6) is 0.274. The van der Waals surface area contributed by atoms with E-state index in [4.69, 9.17) is 5.73 Å². The van der Waals surface area contributed by atoms with E-state index in [1.807, 2.05) is 11.8 Å². The van der Waals surface area contributed by atoms with Gasteiger partial charge in [-0.1, -0.05) is 0 Å². The molecular weight excluding hydrogens is 250 g/mol. The number of nitrogens with two attached hydrogens (primary N) is 1. The molecule has 1 rings (SSSR count). The summed E-state index contributed by atoms with van der Waals surface area (Å²) >= 11 is 1.28. The van der Waals surface area contributed by atoms with Gasteiger partial charge in [-0.05, 0) is 6.92 Å². The van der Waals surface area contributed by atoms with E-state index in [9.17, 15) is 9.59 Å². The summed E-state index contributed by atoms with van der Waals surface area (Å²) in [6, 6.07) is 0.237. The Morgan fingerprint density at radius 1 is 1.50 bits per heavy atom. The Morgan fingerprint density at radius 3 is 2.75 bits per heavy atom. The standard InChI is InChI=1S/C9H17N3O2S.ClH/c1-7-4-11-2-3-12(7)9(14)6-15-5-8(10)13;/h7,11H,2-6H2,1H3,(H2,10,13);1H/t7-;/m0./s1. The summed E-state index contributed by atoms with van der Waals surface area (Å²) in [4.78, 5) is 24.1. The van der Waals surface area contributed by atoms with Crippen LogP contribution < -0.4 is 11.1 Å². The van der Waals surface area contributed by atoms with Crippen molar-refractivity contribution in [2.24, 2.45) is 5.73 Å². The first kappa shape index (κ1) is 15.5. The summed E-state index contributed by atoms with van der Waals surface area (Å²) in [7, 11) is 0. The molecular formula is C9H18ClN3O2S. The quantitative estimate of drug-likeness (QED) is 0.717. The number of thioether (sulfide) groups is 1. The van der Waals surface area contributed by atoms with Crippen molar-refractivity contribution in [1.29, 1.82) is 0 Å². The number of carbonyl (C=O) groups is 2. The van der Waals surface area contributed by atoms with Crippen LogP contribution in [0.4, 0.5) is 0 Å². The molecule has 1 atom stereocenters. The van der Waals surface area contributed by atoms with Crippen molar-refractivity contribution < 1.29 is 9.59 Å². The highest BCUT2D eigenvalue weighted by Crippen LogP contribution is 2.07. The molecule has 0 aromatic heterocycles. The Labute approximate surface area is 106 Å². The van der Waals surface area contributed by atoms with E-state index < -0.39 is 0 Å². The van der Waals surface area contributed by atoms with Gasteiger partial charge in [0.25, 0.3) is 0 Å². The number of hydrogen-bond donors (Lipinski definition) is 2. The van der Waals surface area contributed by atoms with Crippen LogP contribution in [0.2, 0.25) is 0 Å². The van der Waals surface area contributed by atoms with Crippen LogP contribution in [0.1, 0.15) is 6.92 Å². The third kappa shape index (κ3) is 5.05. The fourth-order valence-electron chi connectivity index (χ4n) is 1.53. The van der Waals surface area contributed by atoms with Crippen molar-refractivity contribution in [3.05, 3.63) is 0 Å². The third-order valence-corrected chi connectivity index (χ3v) is 3.23. The topological polar surface area (TPSA) is 75.4 Å². The molecule has 1 saturated heterocycles. The normalized spacial score (nSPS) is 20.1. The first-order valence-corrected chi connectivity index (χ1v) is 6.13. The lowest BCUT2D eigenvalue weighted by atomic mass is 10.2. The van der Waals surface area contributed by atoms with E-state index in [0.29, 0.717) is 5.75 Å². The molecule has 7 heteroatoms. The summed E-state index contributed by atoms with van der Waals surface area (Å²) in [6.07, 6.45) is 0. The molecule has 16 heavy (non-hydrogen) atoms. The minimum absolute atomic E-state index is 0. The predicted octanol–water partition coefficient (Wildman–Crippen LogP) is -0.553. The van der Waals surface area contributed by atoms with Crippen LogP contribution in [0.15, 0.2) is 0 Å². The fourth-order valence-corrected chi connectivity index (χ4v) is 2.18. The van der Waals surface area contributed by atoms with Gasteiger partial charge >= 0.3 is 0 Å². The minimum Gasteiger partial charge on any atom is -0.369 e. The number of nitrogens with zero attached hydrogens (tertiary/aromatic N) is 1. The van der Waals surface area contributed by atoms with E-state index in [2.05, 4.69) is 5.32 Å². The summed E-state index contributed by atoms with van der Waals surface area (Å²) in [6.45, 7) is 4.45. The van der Waals surface area contributed by atoms with Crippen molar-refractivity contribution in [1.82, 2.24) is 10.2 Å². The van der Waals surface area contributed by atoms with E-state index in [-0.39, 0.29) is 36.0 Å². The van der Waals surface area contributed by atoms with Crippen LogP contribution in [0.5, 0.6) is 0 Å². The maximum Gasteiger partial charge on any atom is 0.232 e.